The molecular weight excluding hydrogens is 309 g/mol. The van der Waals surface area contributed by atoms with Gasteiger partial charge in [-0.05, 0) is 61.2 Å². The molecule has 1 atom stereocenters. The van der Waals surface area contributed by atoms with Gasteiger partial charge in [0.1, 0.15) is 0 Å². The van der Waals surface area contributed by atoms with Crippen LogP contribution in [0.5, 0.6) is 0 Å². The molecule has 0 bridgehead atoms. The van der Waals surface area contributed by atoms with Crippen molar-refractivity contribution in [3.8, 4) is 0 Å². The van der Waals surface area contributed by atoms with Gasteiger partial charge in [0.05, 0.1) is 6.04 Å². The number of hydrogen-bond acceptors (Lipinski definition) is 2. The average Bonchev–Trinajstić information content (AvgIpc) is 3.00. The van der Waals surface area contributed by atoms with E-state index in [9.17, 15) is 0 Å². The van der Waals surface area contributed by atoms with Gasteiger partial charge < -0.3 is 5.32 Å². The van der Waals surface area contributed by atoms with Crippen LogP contribution in [0.2, 0.25) is 10.0 Å². The van der Waals surface area contributed by atoms with Crippen LogP contribution in [-0.2, 0) is 12.8 Å². The molecule has 0 fully saturated rings. The van der Waals surface area contributed by atoms with E-state index in [1.165, 1.54) is 29.7 Å². The minimum absolute atomic E-state index is 0.141. The normalized spacial score (nSPS) is 15.3. The molecule has 1 aromatic carbocycles. The molecule has 0 aliphatic heterocycles. The summed E-state index contributed by atoms with van der Waals surface area (Å²) in [7, 11) is 0. The van der Waals surface area contributed by atoms with Crippen molar-refractivity contribution in [3.63, 3.8) is 0 Å². The van der Waals surface area contributed by atoms with E-state index in [1.807, 2.05) is 29.5 Å². The zero-order valence-electron chi connectivity index (χ0n) is 11.4. The Bertz CT molecular complexity index is 599. The number of aryl methyl sites for hydroxylation is 2. The third kappa shape index (κ3) is 2.75. The molecule has 20 heavy (non-hydrogen) atoms. The standard InChI is InChI=1S/C16H17Cl2NS/c1-2-19-16(12-9-11(17)6-7-13(12)18)15-8-10-4-3-5-14(10)20-15/h6-9,16,19H,2-5H2,1H3. The van der Waals surface area contributed by atoms with Gasteiger partial charge in [0, 0.05) is 19.8 Å². The molecule has 1 aliphatic rings. The number of fused-ring (bicyclic) bond motifs is 1. The van der Waals surface area contributed by atoms with Gasteiger partial charge in [-0.3, -0.25) is 0 Å². The predicted molar refractivity (Wildman–Crippen MR) is 88.3 cm³/mol. The molecule has 0 radical (unpaired) electrons. The lowest BCUT2D eigenvalue weighted by atomic mass is 10.0. The van der Waals surface area contributed by atoms with Gasteiger partial charge in [0.15, 0.2) is 0 Å². The van der Waals surface area contributed by atoms with E-state index < -0.39 is 0 Å². The van der Waals surface area contributed by atoms with E-state index >= 15 is 0 Å². The first-order valence-corrected chi connectivity index (χ1v) is 8.56. The van der Waals surface area contributed by atoms with Crippen molar-refractivity contribution < 1.29 is 0 Å². The van der Waals surface area contributed by atoms with Crippen molar-refractivity contribution in [1.82, 2.24) is 5.32 Å². The summed E-state index contributed by atoms with van der Waals surface area (Å²) in [5.74, 6) is 0. The van der Waals surface area contributed by atoms with Gasteiger partial charge >= 0.3 is 0 Å². The van der Waals surface area contributed by atoms with Crippen molar-refractivity contribution in [2.45, 2.75) is 32.2 Å². The van der Waals surface area contributed by atoms with Crippen LogP contribution in [0, 0.1) is 0 Å². The molecule has 1 N–H and O–H groups in total. The second-order valence-electron chi connectivity index (χ2n) is 5.11. The molecule has 1 unspecified atom stereocenters. The molecule has 1 nitrogen and oxygen atoms in total. The predicted octanol–water partition coefficient (Wildman–Crippen LogP) is 5.24. The van der Waals surface area contributed by atoms with E-state index in [0.717, 1.165) is 22.2 Å². The molecule has 1 aromatic heterocycles. The molecule has 0 spiro atoms. The fourth-order valence-corrected chi connectivity index (χ4v) is 4.56. The van der Waals surface area contributed by atoms with E-state index in [0.29, 0.717) is 0 Å². The van der Waals surface area contributed by atoms with Crippen molar-refractivity contribution in [3.05, 3.63) is 55.2 Å². The first-order valence-electron chi connectivity index (χ1n) is 6.99. The first-order chi connectivity index (χ1) is 9.69. The number of benzene rings is 1. The maximum absolute atomic E-state index is 6.38. The van der Waals surface area contributed by atoms with Crippen LogP contribution >= 0.6 is 34.5 Å². The summed E-state index contributed by atoms with van der Waals surface area (Å²) in [6, 6.07) is 8.18. The number of hydrogen-bond donors (Lipinski definition) is 1. The highest BCUT2D eigenvalue weighted by Crippen LogP contribution is 2.38. The zero-order valence-corrected chi connectivity index (χ0v) is 13.7. The minimum Gasteiger partial charge on any atom is -0.306 e. The fraction of sp³-hybridized carbons (Fsp3) is 0.375. The summed E-state index contributed by atoms with van der Waals surface area (Å²) in [5.41, 5.74) is 2.59. The summed E-state index contributed by atoms with van der Waals surface area (Å²) < 4.78 is 0. The van der Waals surface area contributed by atoms with Gasteiger partial charge in [0.25, 0.3) is 0 Å². The summed E-state index contributed by atoms with van der Waals surface area (Å²) in [6.45, 7) is 3.02. The van der Waals surface area contributed by atoms with Crippen molar-refractivity contribution in [1.29, 1.82) is 0 Å². The number of rotatable bonds is 4. The zero-order chi connectivity index (χ0) is 14.1. The highest BCUT2D eigenvalue weighted by Gasteiger charge is 2.22. The molecule has 0 amide bonds. The van der Waals surface area contributed by atoms with Crippen LogP contribution in [-0.4, -0.2) is 6.54 Å². The van der Waals surface area contributed by atoms with Crippen LogP contribution in [0.15, 0.2) is 24.3 Å². The molecule has 0 saturated heterocycles. The van der Waals surface area contributed by atoms with Gasteiger partial charge in [-0.25, -0.2) is 0 Å². The molecular formula is C16H17Cl2NS. The largest absolute Gasteiger partial charge is 0.306 e. The topological polar surface area (TPSA) is 12.0 Å². The van der Waals surface area contributed by atoms with Gasteiger partial charge in [-0.2, -0.15) is 0 Å². The maximum Gasteiger partial charge on any atom is 0.0686 e. The van der Waals surface area contributed by atoms with Gasteiger partial charge in [-0.1, -0.05) is 30.1 Å². The van der Waals surface area contributed by atoms with Crippen molar-refractivity contribution in [2.24, 2.45) is 0 Å². The Morgan fingerprint density at radius 1 is 1.25 bits per heavy atom. The lowest BCUT2D eigenvalue weighted by Gasteiger charge is -2.18. The molecule has 106 valence electrons. The highest BCUT2D eigenvalue weighted by atomic mass is 35.5. The lowest BCUT2D eigenvalue weighted by Crippen LogP contribution is -2.21. The first kappa shape index (κ1) is 14.4. The second-order valence-corrected chi connectivity index (χ2v) is 7.12. The minimum atomic E-state index is 0.141. The van der Waals surface area contributed by atoms with Crippen LogP contribution < -0.4 is 5.32 Å². The Kier molecular flexibility index (Phi) is 4.37. The van der Waals surface area contributed by atoms with Crippen molar-refractivity contribution in [2.75, 3.05) is 6.54 Å². The second kappa shape index (κ2) is 6.07. The Hall–Kier alpha value is -0.540. The monoisotopic (exact) mass is 325 g/mol. The van der Waals surface area contributed by atoms with Crippen LogP contribution in [0.4, 0.5) is 0 Å². The summed E-state index contributed by atoms with van der Waals surface area (Å²) >= 11 is 14.4. The summed E-state index contributed by atoms with van der Waals surface area (Å²) in [4.78, 5) is 2.89. The molecule has 4 heteroatoms. The van der Waals surface area contributed by atoms with E-state index in [1.54, 1.807) is 4.88 Å². The van der Waals surface area contributed by atoms with E-state index in [2.05, 4.69) is 18.3 Å². The maximum atomic E-state index is 6.38. The lowest BCUT2D eigenvalue weighted by molar-refractivity contribution is 0.639. The van der Waals surface area contributed by atoms with Gasteiger partial charge in [-0.15, -0.1) is 11.3 Å². The molecule has 3 rings (SSSR count). The number of nitrogens with one attached hydrogen (secondary N) is 1. The molecule has 1 heterocycles. The average molecular weight is 326 g/mol. The smallest absolute Gasteiger partial charge is 0.0686 e. The Balaban J connectivity index is 2.01. The number of halogens is 2. The Morgan fingerprint density at radius 2 is 2.10 bits per heavy atom. The van der Waals surface area contributed by atoms with Crippen LogP contribution in [0.3, 0.4) is 0 Å². The van der Waals surface area contributed by atoms with E-state index in [4.69, 9.17) is 23.2 Å². The summed E-state index contributed by atoms with van der Waals surface area (Å²) in [6.07, 6.45) is 3.74. The molecule has 1 aliphatic carbocycles. The fourth-order valence-electron chi connectivity index (χ4n) is 2.80. The third-order valence-electron chi connectivity index (χ3n) is 3.73. The molecule has 2 aromatic rings. The highest BCUT2D eigenvalue weighted by molar-refractivity contribution is 7.12. The SMILES string of the molecule is CCNC(c1cc2c(s1)CCC2)c1cc(Cl)ccc1Cl. The van der Waals surface area contributed by atoms with Crippen LogP contribution in [0.25, 0.3) is 0 Å². The number of thiophene rings is 1. The Morgan fingerprint density at radius 3 is 2.85 bits per heavy atom. The van der Waals surface area contributed by atoms with E-state index in [-0.39, 0.29) is 6.04 Å². The van der Waals surface area contributed by atoms with Crippen molar-refractivity contribution >= 4 is 34.5 Å². The Labute approximate surface area is 133 Å². The molecule has 0 saturated carbocycles. The third-order valence-corrected chi connectivity index (χ3v) is 5.61. The van der Waals surface area contributed by atoms with Crippen LogP contribution in [0.1, 0.15) is 40.3 Å². The quantitative estimate of drug-likeness (QED) is 0.810. The summed E-state index contributed by atoms with van der Waals surface area (Å²) in [5, 5.41) is 5.04. The van der Waals surface area contributed by atoms with Gasteiger partial charge in [0.2, 0.25) is 0 Å².